The third-order valence-electron chi connectivity index (χ3n) is 3.57. The van der Waals surface area contributed by atoms with Crippen molar-refractivity contribution in [2.75, 3.05) is 13.2 Å². The molecule has 0 aliphatic rings. The van der Waals surface area contributed by atoms with E-state index in [2.05, 4.69) is 17.5 Å². The smallest absolute Gasteiger partial charge is 0.274 e. The van der Waals surface area contributed by atoms with Crippen molar-refractivity contribution < 1.29 is 18.7 Å². The zero-order valence-corrected chi connectivity index (χ0v) is 15.8. The van der Waals surface area contributed by atoms with Crippen LogP contribution in [0.4, 0.5) is 0 Å². The summed E-state index contributed by atoms with van der Waals surface area (Å²) in [6.45, 7) is 8.89. The number of aryl methyl sites for hydroxylation is 2. The van der Waals surface area contributed by atoms with Crippen molar-refractivity contribution in [1.82, 2.24) is 5.43 Å². The van der Waals surface area contributed by atoms with Crippen LogP contribution >= 0.6 is 0 Å². The number of nitrogens with zero attached hydrogens (tertiary/aromatic N) is 1. The molecule has 0 bridgehead atoms. The number of rotatable bonds is 9. The van der Waals surface area contributed by atoms with Gasteiger partial charge in [0.2, 0.25) is 0 Å². The molecule has 6 nitrogen and oxygen atoms in total. The fraction of sp³-hybridized carbons (Fsp3) is 0.400. The van der Waals surface area contributed by atoms with E-state index in [4.69, 9.17) is 13.9 Å². The second kappa shape index (κ2) is 9.65. The monoisotopic (exact) mass is 358 g/mol. The molecule has 140 valence electrons. The number of benzene rings is 1. The standard InChI is InChI=1S/C20H26N2O4/c1-5-9-24-17-8-7-16(19(12-17)25-10-6-2)13-21-22-20(23)18-11-14(3)26-15(18)4/h7-8,11-13H,5-6,9-10H2,1-4H3,(H,22,23)/b21-13-. The van der Waals surface area contributed by atoms with E-state index in [1.54, 1.807) is 26.1 Å². The van der Waals surface area contributed by atoms with Crippen molar-refractivity contribution in [3.05, 3.63) is 46.9 Å². The highest BCUT2D eigenvalue weighted by molar-refractivity contribution is 5.96. The molecule has 2 aromatic rings. The summed E-state index contributed by atoms with van der Waals surface area (Å²) in [7, 11) is 0. The molecule has 1 aromatic carbocycles. The zero-order valence-electron chi connectivity index (χ0n) is 15.8. The van der Waals surface area contributed by atoms with E-state index in [0.29, 0.717) is 36.0 Å². The van der Waals surface area contributed by atoms with Crippen molar-refractivity contribution in [3.63, 3.8) is 0 Å². The lowest BCUT2D eigenvalue weighted by Crippen LogP contribution is -2.17. The summed E-state index contributed by atoms with van der Waals surface area (Å²) >= 11 is 0. The van der Waals surface area contributed by atoms with Crippen LogP contribution in [0, 0.1) is 13.8 Å². The van der Waals surface area contributed by atoms with Crippen LogP contribution in [0.2, 0.25) is 0 Å². The Morgan fingerprint density at radius 1 is 1.15 bits per heavy atom. The minimum atomic E-state index is -0.311. The number of amides is 1. The number of hydrogen-bond acceptors (Lipinski definition) is 5. The molecule has 0 aliphatic heterocycles. The minimum absolute atomic E-state index is 0.311. The van der Waals surface area contributed by atoms with Gasteiger partial charge in [-0.15, -0.1) is 0 Å². The van der Waals surface area contributed by atoms with E-state index in [9.17, 15) is 4.79 Å². The second-order valence-corrected chi connectivity index (χ2v) is 5.92. The second-order valence-electron chi connectivity index (χ2n) is 5.92. The van der Waals surface area contributed by atoms with Gasteiger partial charge in [-0.3, -0.25) is 4.79 Å². The average molecular weight is 358 g/mol. The Labute approximate surface area is 154 Å². The Balaban J connectivity index is 2.09. The van der Waals surface area contributed by atoms with Crippen LogP contribution in [0.25, 0.3) is 0 Å². The molecule has 0 aliphatic carbocycles. The first kappa shape index (κ1) is 19.6. The van der Waals surface area contributed by atoms with Crippen LogP contribution in [-0.4, -0.2) is 25.3 Å². The summed E-state index contributed by atoms with van der Waals surface area (Å²) in [5.41, 5.74) is 3.76. The minimum Gasteiger partial charge on any atom is -0.493 e. The normalized spacial score (nSPS) is 10.9. The third kappa shape index (κ3) is 5.37. The number of carbonyl (C=O) groups is 1. The highest BCUT2D eigenvalue weighted by Crippen LogP contribution is 2.24. The van der Waals surface area contributed by atoms with Crippen LogP contribution < -0.4 is 14.9 Å². The molecule has 0 saturated carbocycles. The topological polar surface area (TPSA) is 73.1 Å². The number of carbonyl (C=O) groups excluding carboxylic acids is 1. The SMILES string of the molecule is CCCOc1ccc(/C=N\NC(=O)c2cc(C)oc2C)c(OCCC)c1. The number of nitrogens with one attached hydrogen (secondary N) is 1. The fourth-order valence-corrected chi connectivity index (χ4v) is 2.34. The molecule has 0 radical (unpaired) electrons. The van der Waals surface area contributed by atoms with Crippen molar-refractivity contribution >= 4 is 12.1 Å². The van der Waals surface area contributed by atoms with E-state index in [-0.39, 0.29) is 5.91 Å². The highest BCUT2D eigenvalue weighted by Gasteiger charge is 2.12. The van der Waals surface area contributed by atoms with Crippen molar-refractivity contribution in [1.29, 1.82) is 0 Å². The lowest BCUT2D eigenvalue weighted by Gasteiger charge is -2.11. The van der Waals surface area contributed by atoms with Crippen LogP contribution in [0.15, 0.2) is 33.8 Å². The predicted octanol–water partition coefficient (Wildman–Crippen LogP) is 4.24. The first-order chi connectivity index (χ1) is 12.5. The molecule has 1 heterocycles. The lowest BCUT2D eigenvalue weighted by atomic mass is 10.2. The summed E-state index contributed by atoms with van der Waals surface area (Å²) in [5, 5.41) is 4.04. The van der Waals surface area contributed by atoms with Gasteiger partial charge >= 0.3 is 0 Å². The van der Waals surface area contributed by atoms with Gasteiger partial charge in [-0.25, -0.2) is 5.43 Å². The molecule has 0 saturated heterocycles. The number of hydrazone groups is 1. The van der Waals surface area contributed by atoms with Gasteiger partial charge in [0.05, 0.1) is 25.0 Å². The number of ether oxygens (including phenoxy) is 2. The Morgan fingerprint density at radius 2 is 1.88 bits per heavy atom. The Hall–Kier alpha value is -2.76. The predicted molar refractivity (Wildman–Crippen MR) is 101 cm³/mol. The van der Waals surface area contributed by atoms with E-state index >= 15 is 0 Å². The quantitative estimate of drug-likeness (QED) is 0.537. The molecule has 0 atom stereocenters. The van der Waals surface area contributed by atoms with E-state index in [1.807, 2.05) is 25.1 Å². The van der Waals surface area contributed by atoms with Gasteiger partial charge in [-0.2, -0.15) is 5.10 Å². The van der Waals surface area contributed by atoms with Gasteiger partial charge in [0.25, 0.3) is 5.91 Å². The summed E-state index contributed by atoms with van der Waals surface area (Å²) in [5.74, 6) is 2.38. The van der Waals surface area contributed by atoms with Crippen LogP contribution in [-0.2, 0) is 0 Å². The maximum absolute atomic E-state index is 12.2. The summed E-state index contributed by atoms with van der Waals surface area (Å²) in [6.07, 6.45) is 3.40. The van der Waals surface area contributed by atoms with Crippen molar-refractivity contribution in [2.24, 2.45) is 5.10 Å². The van der Waals surface area contributed by atoms with Gasteiger partial charge in [0.15, 0.2) is 0 Å². The molecule has 6 heteroatoms. The van der Waals surface area contributed by atoms with Gasteiger partial charge < -0.3 is 13.9 Å². The molecular weight excluding hydrogens is 332 g/mol. The molecule has 0 unspecified atom stereocenters. The Morgan fingerprint density at radius 3 is 2.54 bits per heavy atom. The summed E-state index contributed by atoms with van der Waals surface area (Å²) in [4.78, 5) is 12.2. The van der Waals surface area contributed by atoms with E-state index < -0.39 is 0 Å². The average Bonchev–Trinajstić information content (AvgIpc) is 2.97. The third-order valence-corrected chi connectivity index (χ3v) is 3.57. The molecule has 0 fully saturated rings. The van der Waals surface area contributed by atoms with Crippen molar-refractivity contribution in [3.8, 4) is 11.5 Å². The van der Waals surface area contributed by atoms with Crippen LogP contribution in [0.5, 0.6) is 11.5 Å². The van der Waals surface area contributed by atoms with E-state index in [0.717, 1.165) is 24.2 Å². The van der Waals surface area contributed by atoms with Crippen LogP contribution in [0.1, 0.15) is 54.1 Å². The Kier molecular flexibility index (Phi) is 7.26. The first-order valence-electron chi connectivity index (χ1n) is 8.85. The fourth-order valence-electron chi connectivity index (χ4n) is 2.34. The number of hydrogen-bond donors (Lipinski definition) is 1. The summed E-state index contributed by atoms with van der Waals surface area (Å²) in [6, 6.07) is 7.26. The van der Waals surface area contributed by atoms with Gasteiger partial charge in [0, 0.05) is 11.6 Å². The largest absolute Gasteiger partial charge is 0.493 e. The van der Waals surface area contributed by atoms with Gasteiger partial charge in [0.1, 0.15) is 23.0 Å². The van der Waals surface area contributed by atoms with Gasteiger partial charge in [-0.05, 0) is 44.9 Å². The lowest BCUT2D eigenvalue weighted by molar-refractivity contribution is 0.0953. The zero-order chi connectivity index (χ0) is 18.9. The number of furan rings is 1. The maximum Gasteiger partial charge on any atom is 0.274 e. The van der Waals surface area contributed by atoms with Gasteiger partial charge in [-0.1, -0.05) is 13.8 Å². The Bertz CT molecular complexity index is 765. The molecule has 0 spiro atoms. The first-order valence-corrected chi connectivity index (χ1v) is 8.85. The van der Waals surface area contributed by atoms with Crippen molar-refractivity contribution in [2.45, 2.75) is 40.5 Å². The van der Waals surface area contributed by atoms with E-state index in [1.165, 1.54) is 0 Å². The molecule has 1 N–H and O–H groups in total. The molecule has 26 heavy (non-hydrogen) atoms. The molecular formula is C20H26N2O4. The molecule has 1 aromatic heterocycles. The molecule has 1 amide bonds. The van der Waals surface area contributed by atoms with Crippen LogP contribution in [0.3, 0.4) is 0 Å². The highest BCUT2D eigenvalue weighted by atomic mass is 16.5. The molecule has 2 rings (SSSR count). The summed E-state index contributed by atoms with van der Waals surface area (Å²) < 4.78 is 16.8. The maximum atomic E-state index is 12.2.